The van der Waals surface area contributed by atoms with Crippen molar-refractivity contribution in [2.75, 3.05) is 7.11 Å². The SMILES string of the molecule is COc1nc(-c2ccco2)c2ncn(C(=O)OC(C)(C)C)c2n1. The fourth-order valence-corrected chi connectivity index (χ4v) is 2.00. The summed E-state index contributed by atoms with van der Waals surface area (Å²) >= 11 is 0. The normalized spacial score (nSPS) is 11.7. The van der Waals surface area contributed by atoms with Gasteiger partial charge in [0.1, 0.15) is 23.1 Å². The summed E-state index contributed by atoms with van der Waals surface area (Å²) in [6, 6.07) is 3.59. The van der Waals surface area contributed by atoms with Crippen LogP contribution >= 0.6 is 0 Å². The Balaban J connectivity index is 2.16. The molecule has 0 N–H and O–H groups in total. The van der Waals surface area contributed by atoms with Gasteiger partial charge in [0, 0.05) is 0 Å². The first-order valence-corrected chi connectivity index (χ1v) is 6.95. The standard InChI is InChI=1S/C15H16N4O4/c1-15(2,3)23-14(20)19-8-16-11-10(9-6-5-7-22-9)17-13(21-4)18-12(11)19/h5-8H,1-4H3. The average Bonchev–Trinajstić information content (AvgIpc) is 3.13. The zero-order valence-electron chi connectivity index (χ0n) is 13.2. The van der Waals surface area contributed by atoms with Crippen molar-refractivity contribution in [3.63, 3.8) is 0 Å². The highest BCUT2D eigenvalue weighted by Gasteiger charge is 2.23. The number of methoxy groups -OCH3 is 1. The molecule has 0 amide bonds. The Bertz CT molecular complexity index is 846. The minimum atomic E-state index is -0.630. The lowest BCUT2D eigenvalue weighted by atomic mass is 10.2. The van der Waals surface area contributed by atoms with Gasteiger partial charge in [-0.25, -0.2) is 14.3 Å². The van der Waals surface area contributed by atoms with Crippen molar-refractivity contribution < 1.29 is 18.7 Å². The second kappa shape index (κ2) is 5.38. The van der Waals surface area contributed by atoms with Crippen LogP contribution in [0.2, 0.25) is 0 Å². The molecule has 0 aliphatic rings. The van der Waals surface area contributed by atoms with Crippen molar-refractivity contribution in [2.24, 2.45) is 0 Å². The number of hydrogen-bond donors (Lipinski definition) is 0. The van der Waals surface area contributed by atoms with Crippen LogP contribution in [0.15, 0.2) is 29.1 Å². The maximum absolute atomic E-state index is 12.3. The fourth-order valence-electron chi connectivity index (χ4n) is 2.00. The third kappa shape index (κ3) is 2.87. The van der Waals surface area contributed by atoms with Gasteiger partial charge in [-0.05, 0) is 32.9 Å². The lowest BCUT2D eigenvalue weighted by Gasteiger charge is -2.19. The number of hydrogen-bond acceptors (Lipinski definition) is 7. The molecule has 3 aromatic heterocycles. The Morgan fingerprint density at radius 2 is 2.09 bits per heavy atom. The quantitative estimate of drug-likeness (QED) is 0.717. The summed E-state index contributed by atoms with van der Waals surface area (Å²) in [6.07, 6.45) is 2.30. The van der Waals surface area contributed by atoms with Crippen LogP contribution in [0.4, 0.5) is 4.79 Å². The maximum atomic E-state index is 12.3. The van der Waals surface area contributed by atoms with Crippen molar-refractivity contribution in [1.29, 1.82) is 0 Å². The Hall–Kier alpha value is -2.90. The van der Waals surface area contributed by atoms with Gasteiger partial charge in [0.25, 0.3) is 0 Å². The fraction of sp³-hybridized carbons (Fsp3) is 0.333. The van der Waals surface area contributed by atoms with Crippen LogP contribution in [0.5, 0.6) is 6.01 Å². The number of aromatic nitrogens is 4. The molecule has 0 unspecified atom stereocenters. The third-order valence-electron chi connectivity index (χ3n) is 2.90. The first kappa shape index (κ1) is 15.0. The molecule has 0 aliphatic carbocycles. The summed E-state index contributed by atoms with van der Waals surface area (Å²) in [5.41, 5.74) is 0.525. The molecule has 23 heavy (non-hydrogen) atoms. The van der Waals surface area contributed by atoms with Crippen LogP contribution in [-0.4, -0.2) is 38.3 Å². The van der Waals surface area contributed by atoms with E-state index in [0.717, 1.165) is 0 Å². The number of furan rings is 1. The van der Waals surface area contributed by atoms with Crippen LogP contribution in [0, 0.1) is 0 Å². The van der Waals surface area contributed by atoms with Crippen LogP contribution in [-0.2, 0) is 4.74 Å². The van der Waals surface area contributed by atoms with Gasteiger partial charge in [0.05, 0.1) is 13.4 Å². The first-order valence-electron chi connectivity index (χ1n) is 6.95. The van der Waals surface area contributed by atoms with E-state index in [0.29, 0.717) is 17.0 Å². The number of ether oxygens (including phenoxy) is 2. The monoisotopic (exact) mass is 316 g/mol. The zero-order valence-corrected chi connectivity index (χ0v) is 13.2. The molecule has 8 nitrogen and oxygen atoms in total. The van der Waals surface area contributed by atoms with E-state index in [-0.39, 0.29) is 11.7 Å². The van der Waals surface area contributed by atoms with Crippen LogP contribution < -0.4 is 4.74 Å². The zero-order chi connectivity index (χ0) is 16.6. The molecule has 0 atom stereocenters. The Morgan fingerprint density at radius 3 is 2.70 bits per heavy atom. The highest BCUT2D eigenvalue weighted by Crippen LogP contribution is 2.27. The lowest BCUT2D eigenvalue weighted by Crippen LogP contribution is -2.27. The Morgan fingerprint density at radius 1 is 1.30 bits per heavy atom. The minimum absolute atomic E-state index is 0.106. The van der Waals surface area contributed by atoms with E-state index in [1.54, 1.807) is 32.9 Å². The van der Waals surface area contributed by atoms with E-state index < -0.39 is 11.7 Å². The summed E-state index contributed by atoms with van der Waals surface area (Å²) in [7, 11) is 1.45. The van der Waals surface area contributed by atoms with Crippen molar-refractivity contribution in [3.05, 3.63) is 24.7 Å². The summed E-state index contributed by atoms with van der Waals surface area (Å²) in [5, 5.41) is 0. The number of nitrogens with zero attached hydrogens (tertiary/aromatic N) is 4. The summed E-state index contributed by atoms with van der Waals surface area (Å²) in [4.78, 5) is 25.0. The summed E-state index contributed by atoms with van der Waals surface area (Å²) in [6.45, 7) is 5.36. The van der Waals surface area contributed by atoms with Gasteiger partial charge in [-0.15, -0.1) is 0 Å². The van der Waals surface area contributed by atoms with Crippen LogP contribution in [0.1, 0.15) is 20.8 Å². The first-order chi connectivity index (χ1) is 10.9. The van der Waals surface area contributed by atoms with E-state index in [1.807, 2.05) is 0 Å². The predicted octanol–water partition coefficient (Wildman–Crippen LogP) is 2.88. The second-order valence-corrected chi connectivity index (χ2v) is 5.80. The predicted molar refractivity (Wildman–Crippen MR) is 81.2 cm³/mol. The molecule has 8 heteroatoms. The van der Waals surface area contributed by atoms with Gasteiger partial charge in [0.15, 0.2) is 11.4 Å². The van der Waals surface area contributed by atoms with Crippen molar-refractivity contribution in [1.82, 2.24) is 19.5 Å². The molecule has 3 heterocycles. The van der Waals surface area contributed by atoms with Crippen molar-refractivity contribution in [3.8, 4) is 17.5 Å². The number of rotatable bonds is 2. The lowest BCUT2D eigenvalue weighted by molar-refractivity contribution is 0.0542. The molecule has 0 aliphatic heterocycles. The largest absolute Gasteiger partial charge is 0.467 e. The summed E-state index contributed by atoms with van der Waals surface area (Å²) < 4.78 is 17.0. The van der Waals surface area contributed by atoms with Crippen molar-refractivity contribution in [2.45, 2.75) is 26.4 Å². The molecular weight excluding hydrogens is 300 g/mol. The number of fused-ring (bicyclic) bond motifs is 1. The van der Waals surface area contributed by atoms with Gasteiger partial charge < -0.3 is 13.9 Å². The van der Waals surface area contributed by atoms with E-state index in [9.17, 15) is 4.79 Å². The molecule has 0 spiro atoms. The molecule has 0 radical (unpaired) electrons. The smallest absolute Gasteiger partial charge is 0.421 e. The Labute approximate surface area is 132 Å². The van der Waals surface area contributed by atoms with Crippen LogP contribution in [0.3, 0.4) is 0 Å². The average molecular weight is 316 g/mol. The molecule has 0 saturated carbocycles. The van der Waals surface area contributed by atoms with E-state index in [1.165, 1.54) is 24.3 Å². The van der Waals surface area contributed by atoms with Gasteiger partial charge in [0.2, 0.25) is 0 Å². The second-order valence-electron chi connectivity index (χ2n) is 5.80. The molecule has 0 fully saturated rings. The van der Waals surface area contributed by atoms with Crippen LogP contribution in [0.25, 0.3) is 22.6 Å². The minimum Gasteiger partial charge on any atom is -0.467 e. The van der Waals surface area contributed by atoms with E-state index in [2.05, 4.69) is 15.0 Å². The summed E-state index contributed by atoms with van der Waals surface area (Å²) in [5.74, 6) is 0.505. The molecule has 0 saturated heterocycles. The molecule has 3 rings (SSSR count). The number of carbonyl (C=O) groups is 1. The Kier molecular flexibility index (Phi) is 3.51. The number of carbonyl (C=O) groups excluding carboxylic acids is 1. The van der Waals surface area contributed by atoms with E-state index >= 15 is 0 Å². The van der Waals surface area contributed by atoms with Gasteiger partial charge in [-0.1, -0.05) is 0 Å². The molecule has 0 bridgehead atoms. The molecular formula is C15H16N4O4. The highest BCUT2D eigenvalue weighted by molar-refractivity contribution is 5.91. The van der Waals surface area contributed by atoms with Gasteiger partial charge in [-0.3, -0.25) is 0 Å². The van der Waals surface area contributed by atoms with Gasteiger partial charge >= 0.3 is 12.1 Å². The molecule has 120 valence electrons. The molecule has 0 aromatic carbocycles. The maximum Gasteiger partial charge on any atom is 0.421 e. The van der Waals surface area contributed by atoms with Gasteiger partial charge in [-0.2, -0.15) is 9.97 Å². The molecule has 3 aromatic rings. The third-order valence-corrected chi connectivity index (χ3v) is 2.90. The number of imidazole rings is 1. The van der Waals surface area contributed by atoms with E-state index in [4.69, 9.17) is 13.9 Å². The van der Waals surface area contributed by atoms with Crippen molar-refractivity contribution >= 4 is 17.3 Å². The topological polar surface area (TPSA) is 92.3 Å². The highest BCUT2D eigenvalue weighted by atomic mass is 16.6.